The highest BCUT2D eigenvalue weighted by Gasteiger charge is 2.22. The molecule has 3 amide bonds. The molecule has 0 aliphatic heterocycles. The lowest BCUT2D eigenvalue weighted by Crippen LogP contribution is -2.48. The lowest BCUT2D eigenvalue weighted by Gasteiger charge is -2.23. The van der Waals surface area contributed by atoms with Crippen LogP contribution >= 0.6 is 0 Å². The lowest BCUT2D eigenvalue weighted by molar-refractivity contribution is -0.127. The van der Waals surface area contributed by atoms with Gasteiger partial charge in [-0.2, -0.15) is 0 Å². The predicted octanol–water partition coefficient (Wildman–Crippen LogP) is 2.10. The Kier molecular flexibility index (Phi) is 6.17. The van der Waals surface area contributed by atoms with Crippen molar-refractivity contribution < 1.29 is 24.2 Å². The van der Waals surface area contributed by atoms with Crippen LogP contribution in [-0.2, 0) is 9.53 Å². The zero-order valence-electron chi connectivity index (χ0n) is 13.6. The average Bonchev–Trinajstić information content (AvgIpc) is 2.55. The highest BCUT2D eigenvalue weighted by atomic mass is 16.5. The van der Waals surface area contributed by atoms with Crippen LogP contribution in [0.2, 0.25) is 0 Å². The Morgan fingerprint density at radius 2 is 1.92 bits per heavy atom. The van der Waals surface area contributed by atoms with Crippen LogP contribution in [0.1, 0.15) is 49.4 Å². The molecule has 1 fully saturated rings. The zero-order valence-corrected chi connectivity index (χ0v) is 13.6. The van der Waals surface area contributed by atoms with E-state index in [1.165, 1.54) is 37.6 Å². The van der Waals surface area contributed by atoms with Gasteiger partial charge in [-0.1, -0.05) is 25.3 Å². The quantitative estimate of drug-likeness (QED) is 0.731. The summed E-state index contributed by atoms with van der Waals surface area (Å²) in [5.74, 6) is -1.52. The summed E-state index contributed by atoms with van der Waals surface area (Å²) in [6.07, 6.45) is 3.98. The van der Waals surface area contributed by atoms with Crippen LogP contribution in [0.5, 0.6) is 5.75 Å². The number of aromatic hydroxyl groups is 1. The minimum absolute atomic E-state index is 0.0755. The molecule has 2 rings (SSSR count). The molecule has 1 aromatic carbocycles. The zero-order chi connectivity index (χ0) is 17.5. The number of nitrogens with one attached hydrogen (secondary N) is 2. The van der Waals surface area contributed by atoms with Gasteiger partial charge >= 0.3 is 12.0 Å². The van der Waals surface area contributed by atoms with Crippen LogP contribution in [0.3, 0.4) is 0 Å². The van der Waals surface area contributed by atoms with Gasteiger partial charge in [0.05, 0.1) is 5.56 Å². The highest BCUT2D eigenvalue weighted by Crippen LogP contribution is 2.17. The predicted molar refractivity (Wildman–Crippen MR) is 86.5 cm³/mol. The van der Waals surface area contributed by atoms with Crippen LogP contribution < -0.4 is 10.6 Å². The van der Waals surface area contributed by atoms with Crippen LogP contribution in [-0.4, -0.2) is 35.2 Å². The first-order valence-electron chi connectivity index (χ1n) is 8.07. The van der Waals surface area contributed by atoms with Gasteiger partial charge in [-0.25, -0.2) is 9.59 Å². The van der Waals surface area contributed by atoms with Crippen LogP contribution in [0, 0.1) is 0 Å². The first kappa shape index (κ1) is 17.8. The Labute approximate surface area is 140 Å². The van der Waals surface area contributed by atoms with E-state index in [9.17, 15) is 19.5 Å². The van der Waals surface area contributed by atoms with Crippen molar-refractivity contribution in [1.82, 2.24) is 10.6 Å². The van der Waals surface area contributed by atoms with E-state index in [-0.39, 0.29) is 17.4 Å². The van der Waals surface area contributed by atoms with Gasteiger partial charge in [0, 0.05) is 6.04 Å². The van der Waals surface area contributed by atoms with Gasteiger partial charge in [0.2, 0.25) is 0 Å². The van der Waals surface area contributed by atoms with Gasteiger partial charge in [0.25, 0.3) is 5.91 Å². The number of hydrogen-bond donors (Lipinski definition) is 3. The molecule has 7 nitrogen and oxygen atoms in total. The molecule has 3 N–H and O–H groups in total. The lowest BCUT2D eigenvalue weighted by atomic mass is 9.96. The number of carbonyl (C=O) groups excluding carboxylic acids is 3. The molecule has 1 atom stereocenters. The van der Waals surface area contributed by atoms with Gasteiger partial charge in [0.15, 0.2) is 6.10 Å². The minimum Gasteiger partial charge on any atom is -0.508 e. The van der Waals surface area contributed by atoms with E-state index in [1.54, 1.807) is 0 Å². The number of rotatable bonds is 4. The number of amides is 3. The third-order valence-corrected chi connectivity index (χ3v) is 3.91. The topological polar surface area (TPSA) is 105 Å². The Morgan fingerprint density at radius 1 is 1.21 bits per heavy atom. The van der Waals surface area contributed by atoms with E-state index in [0.717, 1.165) is 25.7 Å². The van der Waals surface area contributed by atoms with Gasteiger partial charge in [-0.05, 0) is 38.0 Å². The van der Waals surface area contributed by atoms with Crippen molar-refractivity contribution in [3.63, 3.8) is 0 Å². The van der Waals surface area contributed by atoms with E-state index in [0.29, 0.717) is 0 Å². The van der Waals surface area contributed by atoms with E-state index in [4.69, 9.17) is 4.74 Å². The number of esters is 1. The third-order valence-electron chi connectivity index (χ3n) is 3.91. The number of phenols is 1. The molecule has 0 aromatic heterocycles. The molecule has 1 aliphatic carbocycles. The van der Waals surface area contributed by atoms with Crippen molar-refractivity contribution >= 4 is 17.9 Å². The number of urea groups is 1. The number of benzene rings is 1. The molecule has 1 saturated carbocycles. The maximum atomic E-state index is 11.9. The monoisotopic (exact) mass is 334 g/mol. The largest absolute Gasteiger partial charge is 0.508 e. The molecular weight excluding hydrogens is 312 g/mol. The second kappa shape index (κ2) is 8.33. The fourth-order valence-corrected chi connectivity index (χ4v) is 2.60. The summed E-state index contributed by atoms with van der Waals surface area (Å²) < 4.78 is 5.00. The first-order chi connectivity index (χ1) is 11.5. The van der Waals surface area contributed by atoms with Crippen molar-refractivity contribution in [3.05, 3.63) is 29.8 Å². The van der Waals surface area contributed by atoms with Gasteiger partial charge in [-0.15, -0.1) is 0 Å². The average molecular weight is 334 g/mol. The SMILES string of the molecule is C[C@@H](OC(=O)c1cccc(O)c1)C(=O)NC(=O)NC1CCCCC1. The molecule has 24 heavy (non-hydrogen) atoms. The summed E-state index contributed by atoms with van der Waals surface area (Å²) in [5, 5.41) is 14.3. The Balaban J connectivity index is 1.80. The maximum absolute atomic E-state index is 11.9. The molecule has 0 spiro atoms. The minimum atomic E-state index is -1.13. The van der Waals surface area contributed by atoms with Gasteiger partial charge in [-0.3, -0.25) is 10.1 Å². The summed E-state index contributed by atoms with van der Waals surface area (Å²) in [7, 11) is 0. The highest BCUT2D eigenvalue weighted by molar-refractivity contribution is 5.98. The summed E-state index contributed by atoms with van der Waals surface area (Å²) in [6.45, 7) is 1.38. The molecule has 0 unspecified atom stereocenters. The van der Waals surface area contributed by atoms with Gasteiger partial charge in [0.1, 0.15) is 5.75 Å². The third kappa shape index (κ3) is 5.26. The number of phenolic OH excluding ortho intramolecular Hbond substituents is 1. The van der Waals surface area contributed by atoms with Crippen molar-refractivity contribution in [1.29, 1.82) is 0 Å². The van der Waals surface area contributed by atoms with E-state index < -0.39 is 24.0 Å². The number of ether oxygens (including phenoxy) is 1. The van der Waals surface area contributed by atoms with Crippen LogP contribution in [0.15, 0.2) is 24.3 Å². The molecular formula is C17H22N2O5. The summed E-state index contributed by atoms with van der Waals surface area (Å²) in [5.41, 5.74) is 0.126. The van der Waals surface area contributed by atoms with Crippen molar-refractivity contribution in [2.75, 3.05) is 0 Å². The number of carbonyl (C=O) groups is 3. The molecule has 0 heterocycles. The van der Waals surface area contributed by atoms with Crippen molar-refractivity contribution in [2.24, 2.45) is 0 Å². The molecule has 0 saturated heterocycles. The van der Waals surface area contributed by atoms with Crippen molar-refractivity contribution in [2.45, 2.75) is 51.2 Å². The maximum Gasteiger partial charge on any atom is 0.339 e. The Morgan fingerprint density at radius 3 is 2.58 bits per heavy atom. The standard InChI is InChI=1S/C17H22N2O5/c1-11(24-16(22)12-6-5-9-14(20)10-12)15(21)19-17(23)18-13-7-3-2-4-8-13/h5-6,9-11,13,20H,2-4,7-8H2,1H3,(H2,18,19,21,23)/t11-/m1/s1. The number of imide groups is 1. The molecule has 1 aromatic rings. The van der Waals surface area contributed by atoms with Crippen LogP contribution in [0.25, 0.3) is 0 Å². The Hall–Kier alpha value is -2.57. The van der Waals surface area contributed by atoms with E-state index in [2.05, 4.69) is 10.6 Å². The first-order valence-corrected chi connectivity index (χ1v) is 8.07. The fraction of sp³-hybridized carbons (Fsp3) is 0.471. The summed E-state index contributed by atoms with van der Waals surface area (Å²) in [6, 6.07) is 5.12. The van der Waals surface area contributed by atoms with E-state index >= 15 is 0 Å². The summed E-state index contributed by atoms with van der Waals surface area (Å²) in [4.78, 5) is 35.6. The number of hydrogen-bond acceptors (Lipinski definition) is 5. The molecule has 7 heteroatoms. The Bertz CT molecular complexity index is 611. The van der Waals surface area contributed by atoms with Crippen molar-refractivity contribution in [3.8, 4) is 5.75 Å². The molecule has 130 valence electrons. The fourth-order valence-electron chi connectivity index (χ4n) is 2.60. The molecule has 0 radical (unpaired) electrons. The normalized spacial score (nSPS) is 16.0. The summed E-state index contributed by atoms with van der Waals surface area (Å²) >= 11 is 0. The second-order valence-corrected chi connectivity index (χ2v) is 5.90. The smallest absolute Gasteiger partial charge is 0.339 e. The molecule has 1 aliphatic rings. The van der Waals surface area contributed by atoms with Gasteiger partial charge < -0.3 is 15.2 Å². The molecule has 0 bridgehead atoms. The van der Waals surface area contributed by atoms with E-state index in [1.807, 2.05) is 0 Å². The second-order valence-electron chi connectivity index (χ2n) is 5.90. The van der Waals surface area contributed by atoms with Crippen LogP contribution in [0.4, 0.5) is 4.79 Å².